The van der Waals surface area contributed by atoms with Gasteiger partial charge in [-0.2, -0.15) is 0 Å². The quantitative estimate of drug-likeness (QED) is 0.809. The van der Waals surface area contributed by atoms with Crippen molar-refractivity contribution in [1.82, 2.24) is 25.1 Å². The molecule has 3 amide bonds. The van der Waals surface area contributed by atoms with Gasteiger partial charge in [-0.1, -0.05) is 6.07 Å². The van der Waals surface area contributed by atoms with Crippen LogP contribution in [0.4, 0.5) is 10.7 Å². The van der Waals surface area contributed by atoms with Crippen LogP contribution in [0.15, 0.2) is 36.0 Å². The van der Waals surface area contributed by atoms with E-state index in [0.717, 1.165) is 31.1 Å². The number of aromatic nitrogens is 2. The Morgan fingerprint density at radius 1 is 1.15 bits per heavy atom. The standard InChI is InChI=1S/C17H20N6O2S/c1-17(13-4-2-11-26-13)14(24)23(16(25)20-17)12-21-7-9-22(10-8-21)15-18-5-3-6-19-15/h2-6,11H,7-10,12H2,1H3,(H,20,25)/t17-/m0/s1. The second kappa shape index (κ2) is 6.65. The Kier molecular flexibility index (Phi) is 4.33. The fraction of sp³-hybridized carbons (Fsp3) is 0.412. The van der Waals surface area contributed by atoms with E-state index < -0.39 is 5.54 Å². The summed E-state index contributed by atoms with van der Waals surface area (Å²) in [4.78, 5) is 40.2. The lowest BCUT2D eigenvalue weighted by Gasteiger charge is -2.35. The first kappa shape index (κ1) is 16.9. The largest absolute Gasteiger partial charge is 0.338 e. The number of imide groups is 1. The predicted octanol–water partition coefficient (Wildman–Crippen LogP) is 1.08. The molecule has 2 saturated heterocycles. The molecule has 1 N–H and O–H groups in total. The minimum Gasteiger partial charge on any atom is -0.338 e. The van der Waals surface area contributed by atoms with Crippen molar-refractivity contribution in [3.05, 3.63) is 40.8 Å². The normalized spacial score (nSPS) is 24.2. The van der Waals surface area contributed by atoms with Gasteiger partial charge in [0.05, 0.1) is 6.67 Å². The summed E-state index contributed by atoms with van der Waals surface area (Å²) in [6.07, 6.45) is 3.46. The van der Waals surface area contributed by atoms with Crippen LogP contribution in [0.1, 0.15) is 11.8 Å². The van der Waals surface area contributed by atoms with Crippen molar-refractivity contribution in [3.8, 4) is 0 Å². The van der Waals surface area contributed by atoms with Crippen molar-refractivity contribution < 1.29 is 9.59 Å². The molecule has 0 radical (unpaired) electrons. The number of thiophene rings is 1. The maximum Gasteiger partial charge on any atom is 0.326 e. The molecule has 136 valence electrons. The summed E-state index contributed by atoms with van der Waals surface area (Å²) in [7, 11) is 0. The summed E-state index contributed by atoms with van der Waals surface area (Å²) in [6, 6.07) is 5.23. The first-order chi connectivity index (χ1) is 12.6. The molecule has 0 aromatic carbocycles. The number of nitrogens with one attached hydrogen (secondary N) is 1. The average molecular weight is 372 g/mol. The van der Waals surface area contributed by atoms with Crippen LogP contribution in [-0.2, 0) is 10.3 Å². The molecule has 0 spiro atoms. The molecule has 4 rings (SSSR count). The summed E-state index contributed by atoms with van der Waals surface area (Å²) in [5.74, 6) is 0.520. The lowest BCUT2D eigenvalue weighted by Crippen LogP contribution is -2.52. The van der Waals surface area contributed by atoms with Crippen LogP contribution in [-0.4, -0.2) is 64.6 Å². The highest BCUT2D eigenvalue weighted by Crippen LogP contribution is 2.32. The third-order valence-corrected chi connectivity index (χ3v) is 5.93. The summed E-state index contributed by atoms with van der Waals surface area (Å²) in [6.45, 7) is 5.07. The molecule has 0 saturated carbocycles. The van der Waals surface area contributed by atoms with Crippen molar-refractivity contribution in [2.75, 3.05) is 37.7 Å². The molecule has 26 heavy (non-hydrogen) atoms. The Bertz CT molecular complexity index is 791. The molecule has 2 aromatic heterocycles. The van der Waals surface area contributed by atoms with Crippen LogP contribution in [0, 0.1) is 0 Å². The lowest BCUT2D eigenvalue weighted by molar-refractivity contribution is -0.132. The highest BCUT2D eigenvalue weighted by Gasteiger charge is 2.50. The van der Waals surface area contributed by atoms with Crippen LogP contribution >= 0.6 is 11.3 Å². The minimum absolute atomic E-state index is 0.196. The highest BCUT2D eigenvalue weighted by atomic mass is 32.1. The zero-order valence-electron chi connectivity index (χ0n) is 14.5. The third-order valence-electron chi connectivity index (χ3n) is 4.84. The van der Waals surface area contributed by atoms with Crippen molar-refractivity contribution in [3.63, 3.8) is 0 Å². The number of carbonyl (C=O) groups is 2. The van der Waals surface area contributed by atoms with Gasteiger partial charge in [0.25, 0.3) is 5.91 Å². The maximum absolute atomic E-state index is 12.9. The van der Waals surface area contributed by atoms with E-state index in [0.29, 0.717) is 12.6 Å². The molecular formula is C17H20N6O2S. The molecule has 9 heteroatoms. The van der Waals surface area contributed by atoms with E-state index in [1.54, 1.807) is 25.4 Å². The van der Waals surface area contributed by atoms with E-state index >= 15 is 0 Å². The van der Waals surface area contributed by atoms with E-state index in [2.05, 4.69) is 25.1 Å². The Labute approximate surface area is 155 Å². The Morgan fingerprint density at radius 2 is 1.88 bits per heavy atom. The van der Waals surface area contributed by atoms with Gasteiger partial charge in [-0.15, -0.1) is 11.3 Å². The summed E-state index contributed by atoms with van der Waals surface area (Å²) in [5, 5.41) is 4.76. The monoisotopic (exact) mass is 372 g/mol. The number of piperazine rings is 1. The topological polar surface area (TPSA) is 81.7 Å². The number of nitrogens with zero attached hydrogens (tertiary/aromatic N) is 5. The van der Waals surface area contributed by atoms with Crippen molar-refractivity contribution >= 4 is 29.2 Å². The summed E-state index contributed by atoms with van der Waals surface area (Å²) in [5.41, 5.74) is -0.967. The van der Waals surface area contributed by atoms with E-state index in [1.165, 1.54) is 16.2 Å². The zero-order chi connectivity index (χ0) is 18.1. The molecule has 8 nitrogen and oxygen atoms in total. The molecule has 2 aliphatic heterocycles. The number of carbonyl (C=O) groups excluding carboxylic acids is 2. The molecule has 2 aliphatic rings. The zero-order valence-corrected chi connectivity index (χ0v) is 15.3. The molecule has 4 heterocycles. The summed E-state index contributed by atoms with van der Waals surface area (Å²) >= 11 is 1.47. The number of amides is 3. The fourth-order valence-electron chi connectivity index (χ4n) is 3.30. The van der Waals surface area contributed by atoms with Gasteiger partial charge in [0.2, 0.25) is 5.95 Å². The highest BCUT2D eigenvalue weighted by molar-refractivity contribution is 7.10. The van der Waals surface area contributed by atoms with Gasteiger partial charge in [0.15, 0.2) is 5.54 Å². The number of rotatable bonds is 4. The second-order valence-electron chi connectivity index (χ2n) is 6.56. The number of hydrogen-bond acceptors (Lipinski definition) is 7. The first-order valence-corrected chi connectivity index (χ1v) is 9.38. The van der Waals surface area contributed by atoms with Gasteiger partial charge in [-0.3, -0.25) is 9.69 Å². The van der Waals surface area contributed by atoms with Crippen LogP contribution in [0.2, 0.25) is 0 Å². The smallest absolute Gasteiger partial charge is 0.326 e. The van der Waals surface area contributed by atoms with Crippen molar-refractivity contribution in [2.45, 2.75) is 12.5 Å². The van der Waals surface area contributed by atoms with Gasteiger partial charge in [-0.05, 0) is 24.4 Å². The SMILES string of the molecule is C[C@@]1(c2cccs2)NC(=O)N(CN2CCN(c3ncccn3)CC2)C1=O. The van der Waals surface area contributed by atoms with E-state index in [9.17, 15) is 9.59 Å². The lowest BCUT2D eigenvalue weighted by atomic mass is 10.0. The molecule has 0 aliphatic carbocycles. The minimum atomic E-state index is -0.967. The molecule has 2 aromatic rings. The second-order valence-corrected chi connectivity index (χ2v) is 7.51. The van der Waals surface area contributed by atoms with Crippen LogP contribution in [0.3, 0.4) is 0 Å². The maximum atomic E-state index is 12.9. The molecular weight excluding hydrogens is 352 g/mol. The number of hydrogen-bond donors (Lipinski definition) is 1. The molecule has 2 fully saturated rings. The Morgan fingerprint density at radius 3 is 2.54 bits per heavy atom. The van der Waals surface area contributed by atoms with E-state index in [1.807, 2.05) is 17.5 Å². The van der Waals surface area contributed by atoms with Gasteiger partial charge in [0, 0.05) is 43.4 Å². The van der Waals surface area contributed by atoms with Gasteiger partial charge >= 0.3 is 6.03 Å². The van der Waals surface area contributed by atoms with Gasteiger partial charge in [-0.25, -0.2) is 19.7 Å². The van der Waals surface area contributed by atoms with Gasteiger partial charge in [0.1, 0.15) is 0 Å². The Balaban J connectivity index is 1.39. The number of anilines is 1. The van der Waals surface area contributed by atoms with E-state index in [4.69, 9.17) is 0 Å². The van der Waals surface area contributed by atoms with Crippen LogP contribution in [0.5, 0.6) is 0 Å². The third kappa shape index (κ3) is 2.93. The molecule has 1 atom stereocenters. The van der Waals surface area contributed by atoms with E-state index in [-0.39, 0.29) is 11.9 Å². The molecule has 0 unspecified atom stereocenters. The fourth-order valence-corrected chi connectivity index (χ4v) is 4.13. The number of urea groups is 1. The predicted molar refractivity (Wildman–Crippen MR) is 97.7 cm³/mol. The Hall–Kier alpha value is -2.52. The molecule has 0 bridgehead atoms. The van der Waals surface area contributed by atoms with Crippen LogP contribution < -0.4 is 10.2 Å². The van der Waals surface area contributed by atoms with Crippen LogP contribution in [0.25, 0.3) is 0 Å². The first-order valence-electron chi connectivity index (χ1n) is 8.50. The summed E-state index contributed by atoms with van der Waals surface area (Å²) < 4.78 is 0. The average Bonchev–Trinajstić information content (AvgIpc) is 3.28. The van der Waals surface area contributed by atoms with Crippen molar-refractivity contribution in [1.29, 1.82) is 0 Å². The van der Waals surface area contributed by atoms with Gasteiger partial charge < -0.3 is 10.2 Å². The van der Waals surface area contributed by atoms with Crippen molar-refractivity contribution in [2.24, 2.45) is 0 Å².